The molecular weight excluding hydrogens is 240 g/mol. The van der Waals surface area contributed by atoms with Gasteiger partial charge in [0.1, 0.15) is 11.6 Å². The van der Waals surface area contributed by atoms with Crippen LogP contribution in [0.4, 0.5) is 0 Å². The molecule has 1 aromatic carbocycles. The zero-order valence-corrected chi connectivity index (χ0v) is 11.5. The molecule has 0 spiro atoms. The highest BCUT2D eigenvalue weighted by molar-refractivity contribution is 5.39. The summed E-state index contributed by atoms with van der Waals surface area (Å²) in [5, 5.41) is 12.4. The number of nitriles is 1. The molecular formula is C15H20N2O2. The second kappa shape index (κ2) is 5.94. The summed E-state index contributed by atoms with van der Waals surface area (Å²) in [6.45, 7) is 2.57. The lowest BCUT2D eigenvalue weighted by Gasteiger charge is -2.20. The van der Waals surface area contributed by atoms with Crippen LogP contribution in [-0.4, -0.2) is 25.3 Å². The van der Waals surface area contributed by atoms with E-state index >= 15 is 0 Å². The van der Waals surface area contributed by atoms with Crippen molar-refractivity contribution in [1.29, 1.82) is 5.26 Å². The van der Waals surface area contributed by atoms with Crippen molar-refractivity contribution >= 4 is 0 Å². The number of hydrogen-bond acceptors (Lipinski definition) is 4. The lowest BCUT2D eigenvalue weighted by atomic mass is 10.0. The van der Waals surface area contributed by atoms with Crippen molar-refractivity contribution in [2.45, 2.75) is 37.8 Å². The van der Waals surface area contributed by atoms with E-state index in [1.165, 1.54) is 0 Å². The summed E-state index contributed by atoms with van der Waals surface area (Å²) in [6.07, 6.45) is 2.48. The Morgan fingerprint density at radius 3 is 2.74 bits per heavy atom. The highest BCUT2D eigenvalue weighted by atomic mass is 16.5. The Labute approximate surface area is 114 Å². The van der Waals surface area contributed by atoms with Crippen LogP contribution in [0.25, 0.3) is 0 Å². The van der Waals surface area contributed by atoms with E-state index < -0.39 is 5.54 Å². The molecule has 0 aliphatic heterocycles. The average molecular weight is 260 g/mol. The molecule has 102 valence electrons. The van der Waals surface area contributed by atoms with Gasteiger partial charge in [-0.3, -0.25) is 0 Å². The fourth-order valence-electron chi connectivity index (χ4n) is 2.49. The van der Waals surface area contributed by atoms with Crippen LogP contribution in [0.3, 0.4) is 0 Å². The number of nitrogens with zero attached hydrogens (tertiary/aromatic N) is 1. The van der Waals surface area contributed by atoms with E-state index in [1.807, 2.05) is 38.2 Å². The van der Waals surface area contributed by atoms with Gasteiger partial charge in [0, 0.05) is 6.42 Å². The van der Waals surface area contributed by atoms with Crippen LogP contribution in [0.1, 0.15) is 26.2 Å². The Balaban J connectivity index is 2.05. The van der Waals surface area contributed by atoms with Crippen LogP contribution in [0.2, 0.25) is 0 Å². The highest BCUT2D eigenvalue weighted by Crippen LogP contribution is 2.35. The summed E-state index contributed by atoms with van der Waals surface area (Å²) in [7, 11) is 1.83. The van der Waals surface area contributed by atoms with E-state index in [4.69, 9.17) is 9.47 Å². The predicted molar refractivity (Wildman–Crippen MR) is 73.3 cm³/mol. The second-order valence-corrected chi connectivity index (χ2v) is 4.81. The van der Waals surface area contributed by atoms with Gasteiger partial charge in [0.15, 0.2) is 11.5 Å². The quantitative estimate of drug-likeness (QED) is 0.883. The monoisotopic (exact) mass is 260 g/mol. The van der Waals surface area contributed by atoms with Crippen LogP contribution in [0, 0.1) is 11.3 Å². The molecule has 1 fully saturated rings. The third-order valence-electron chi connectivity index (χ3n) is 3.60. The Bertz CT molecular complexity index is 469. The van der Waals surface area contributed by atoms with Gasteiger partial charge in [-0.15, -0.1) is 0 Å². The minimum atomic E-state index is -0.439. The third kappa shape index (κ3) is 2.99. The molecule has 2 unspecified atom stereocenters. The van der Waals surface area contributed by atoms with Gasteiger partial charge in [-0.25, -0.2) is 0 Å². The van der Waals surface area contributed by atoms with Gasteiger partial charge in [0.2, 0.25) is 0 Å². The molecule has 0 aromatic heterocycles. The van der Waals surface area contributed by atoms with Crippen molar-refractivity contribution in [1.82, 2.24) is 5.32 Å². The molecule has 0 amide bonds. The van der Waals surface area contributed by atoms with Gasteiger partial charge in [-0.1, -0.05) is 12.1 Å². The van der Waals surface area contributed by atoms with E-state index in [0.29, 0.717) is 13.0 Å². The molecule has 1 N–H and O–H groups in total. The van der Waals surface area contributed by atoms with Gasteiger partial charge in [0.05, 0.1) is 12.7 Å². The first-order valence-electron chi connectivity index (χ1n) is 6.71. The maximum absolute atomic E-state index is 9.25. The molecule has 0 saturated heterocycles. The first kappa shape index (κ1) is 13.7. The lowest BCUT2D eigenvalue weighted by molar-refractivity contribution is 0.190. The Morgan fingerprint density at radius 1 is 1.42 bits per heavy atom. The van der Waals surface area contributed by atoms with Gasteiger partial charge in [-0.05, 0) is 38.9 Å². The molecule has 2 rings (SSSR count). The summed E-state index contributed by atoms with van der Waals surface area (Å²) in [6, 6.07) is 10.0. The topological polar surface area (TPSA) is 54.3 Å². The number of ether oxygens (including phenoxy) is 2. The van der Waals surface area contributed by atoms with Crippen molar-refractivity contribution in [3.63, 3.8) is 0 Å². The Morgan fingerprint density at radius 2 is 2.16 bits per heavy atom. The summed E-state index contributed by atoms with van der Waals surface area (Å²) in [4.78, 5) is 0. The second-order valence-electron chi connectivity index (χ2n) is 4.81. The van der Waals surface area contributed by atoms with Crippen LogP contribution in [-0.2, 0) is 0 Å². The zero-order chi connectivity index (χ0) is 13.7. The molecule has 1 aliphatic rings. The lowest BCUT2D eigenvalue weighted by Crippen LogP contribution is -2.39. The molecule has 0 bridgehead atoms. The molecule has 0 heterocycles. The zero-order valence-electron chi connectivity index (χ0n) is 11.5. The maximum atomic E-state index is 9.25. The van der Waals surface area contributed by atoms with Crippen molar-refractivity contribution in [3.05, 3.63) is 24.3 Å². The first-order chi connectivity index (χ1) is 9.23. The van der Waals surface area contributed by atoms with Gasteiger partial charge < -0.3 is 14.8 Å². The summed E-state index contributed by atoms with van der Waals surface area (Å²) < 4.78 is 11.5. The predicted octanol–water partition coefficient (Wildman–Crippen LogP) is 2.50. The van der Waals surface area contributed by atoms with Gasteiger partial charge >= 0.3 is 0 Å². The Kier molecular flexibility index (Phi) is 4.28. The summed E-state index contributed by atoms with van der Waals surface area (Å²) >= 11 is 0. The van der Waals surface area contributed by atoms with Crippen molar-refractivity contribution in [2.75, 3.05) is 13.7 Å². The largest absolute Gasteiger partial charge is 0.490 e. The van der Waals surface area contributed by atoms with Crippen molar-refractivity contribution in [3.8, 4) is 17.6 Å². The van der Waals surface area contributed by atoms with Crippen molar-refractivity contribution < 1.29 is 9.47 Å². The normalized spacial score (nSPS) is 25.8. The number of para-hydroxylation sites is 2. The van der Waals surface area contributed by atoms with Crippen LogP contribution in [0.5, 0.6) is 11.5 Å². The maximum Gasteiger partial charge on any atom is 0.161 e. The highest BCUT2D eigenvalue weighted by Gasteiger charge is 2.39. The Hall–Kier alpha value is -1.73. The van der Waals surface area contributed by atoms with Crippen LogP contribution < -0.4 is 14.8 Å². The van der Waals surface area contributed by atoms with E-state index in [1.54, 1.807) is 0 Å². The van der Waals surface area contributed by atoms with Crippen LogP contribution in [0.15, 0.2) is 24.3 Å². The minimum Gasteiger partial charge on any atom is -0.490 e. The van der Waals surface area contributed by atoms with Gasteiger partial charge in [-0.2, -0.15) is 5.26 Å². The fraction of sp³-hybridized carbons (Fsp3) is 0.533. The summed E-state index contributed by atoms with van der Waals surface area (Å²) in [5.74, 6) is 1.53. The standard InChI is InChI=1S/C15H20N2O2/c1-3-18-13-6-4-5-7-14(13)19-12-8-9-15(10-12,11-16)17-2/h4-7,12,17H,3,8-10H2,1-2H3. The molecule has 19 heavy (non-hydrogen) atoms. The van der Waals surface area contributed by atoms with E-state index in [9.17, 15) is 5.26 Å². The number of benzene rings is 1. The SMILES string of the molecule is CCOc1ccccc1OC1CCC(C#N)(NC)C1. The van der Waals surface area contributed by atoms with Crippen molar-refractivity contribution in [2.24, 2.45) is 0 Å². The van der Waals surface area contributed by atoms with Gasteiger partial charge in [0.25, 0.3) is 0 Å². The van der Waals surface area contributed by atoms with Crippen LogP contribution >= 0.6 is 0 Å². The third-order valence-corrected chi connectivity index (χ3v) is 3.60. The molecule has 4 heteroatoms. The molecule has 4 nitrogen and oxygen atoms in total. The minimum absolute atomic E-state index is 0.0636. The molecule has 1 aromatic rings. The average Bonchev–Trinajstić information content (AvgIpc) is 2.85. The molecule has 0 radical (unpaired) electrons. The first-order valence-corrected chi connectivity index (χ1v) is 6.71. The molecule has 1 saturated carbocycles. The number of rotatable bonds is 5. The van der Waals surface area contributed by atoms with E-state index in [2.05, 4.69) is 11.4 Å². The fourth-order valence-corrected chi connectivity index (χ4v) is 2.49. The molecule has 2 atom stereocenters. The number of hydrogen-bond donors (Lipinski definition) is 1. The van der Waals surface area contributed by atoms with E-state index in [0.717, 1.165) is 24.3 Å². The molecule has 1 aliphatic carbocycles. The smallest absolute Gasteiger partial charge is 0.161 e. The summed E-state index contributed by atoms with van der Waals surface area (Å²) in [5.41, 5.74) is -0.439. The number of nitrogens with one attached hydrogen (secondary N) is 1. The van der Waals surface area contributed by atoms with E-state index in [-0.39, 0.29) is 6.10 Å².